The Morgan fingerprint density at radius 1 is 1.02 bits per heavy atom. The molecular weight excluding hydrogens is 606 g/mol. The van der Waals surface area contributed by atoms with E-state index in [2.05, 4.69) is 28.4 Å². The molecule has 0 radical (unpaired) electrons. The van der Waals surface area contributed by atoms with Crippen LogP contribution < -0.4 is 5.43 Å². The van der Waals surface area contributed by atoms with Gasteiger partial charge in [-0.25, -0.2) is 9.69 Å². The van der Waals surface area contributed by atoms with E-state index in [0.29, 0.717) is 42.3 Å². The first kappa shape index (κ1) is 29.7. The van der Waals surface area contributed by atoms with Gasteiger partial charge in [-0.15, -0.1) is 11.3 Å². The van der Waals surface area contributed by atoms with Gasteiger partial charge in [0.25, 0.3) is 5.91 Å². The summed E-state index contributed by atoms with van der Waals surface area (Å²) in [5.74, 6) is 5.45. The standard InChI is InChI=1S/C30H22Cl2F3N5OS/c31-21-9-12-25(24(32)18-21)40-28(23(14-15-36)27(37-40)29(41)38-39-16-2-1-3-17-39)26-13-11-22(42-26)10-6-19-4-7-20(8-5-19)30(33,34)35/h4-5,7-9,11-13,18H,1-3,14,16-17H2,(H,38,41). The van der Waals surface area contributed by atoms with Crippen LogP contribution in [0.4, 0.5) is 13.2 Å². The molecule has 1 saturated heterocycles. The van der Waals surface area contributed by atoms with Crippen LogP contribution in [0.15, 0.2) is 54.6 Å². The molecule has 42 heavy (non-hydrogen) atoms. The lowest BCUT2D eigenvalue weighted by Gasteiger charge is -2.26. The summed E-state index contributed by atoms with van der Waals surface area (Å²) in [5.41, 5.74) is 4.13. The number of aromatic nitrogens is 2. The molecule has 0 spiro atoms. The number of thiophene rings is 1. The smallest absolute Gasteiger partial charge is 0.283 e. The Bertz CT molecular complexity index is 1720. The number of amides is 1. The molecule has 2 aromatic carbocycles. The summed E-state index contributed by atoms with van der Waals surface area (Å²) in [6, 6.07) is 15.2. The topological polar surface area (TPSA) is 74.0 Å². The van der Waals surface area contributed by atoms with Crippen LogP contribution in [0.1, 0.15) is 51.3 Å². The van der Waals surface area contributed by atoms with E-state index in [1.807, 2.05) is 5.01 Å². The first-order chi connectivity index (χ1) is 20.1. The average molecular weight is 629 g/mol. The largest absolute Gasteiger partial charge is 0.416 e. The van der Waals surface area contributed by atoms with Crippen LogP contribution in [0.25, 0.3) is 16.3 Å². The van der Waals surface area contributed by atoms with Gasteiger partial charge in [0.05, 0.1) is 44.2 Å². The number of nitriles is 1. The molecule has 0 atom stereocenters. The molecule has 214 valence electrons. The molecule has 0 bridgehead atoms. The van der Waals surface area contributed by atoms with Gasteiger partial charge in [-0.2, -0.15) is 23.5 Å². The number of nitrogens with one attached hydrogen (secondary N) is 1. The number of carbonyl (C=O) groups excluding carboxylic acids is 1. The maximum Gasteiger partial charge on any atom is 0.416 e. The molecule has 12 heteroatoms. The lowest BCUT2D eigenvalue weighted by atomic mass is 10.1. The molecule has 3 heterocycles. The minimum absolute atomic E-state index is 0.0895. The van der Waals surface area contributed by atoms with Gasteiger partial charge >= 0.3 is 6.18 Å². The summed E-state index contributed by atoms with van der Waals surface area (Å²) in [5, 5.41) is 16.9. The number of carbonyl (C=O) groups is 1. The van der Waals surface area contributed by atoms with Crippen molar-refractivity contribution in [2.75, 3.05) is 13.1 Å². The van der Waals surface area contributed by atoms with Crippen molar-refractivity contribution < 1.29 is 18.0 Å². The monoisotopic (exact) mass is 627 g/mol. The minimum atomic E-state index is -4.42. The molecule has 6 nitrogen and oxygen atoms in total. The Morgan fingerprint density at radius 2 is 1.76 bits per heavy atom. The van der Waals surface area contributed by atoms with Gasteiger partial charge in [0.15, 0.2) is 5.69 Å². The Hall–Kier alpha value is -3.80. The molecule has 5 rings (SSSR count). The van der Waals surface area contributed by atoms with Gasteiger partial charge in [0.1, 0.15) is 0 Å². The predicted molar refractivity (Wildman–Crippen MR) is 157 cm³/mol. The quantitative estimate of drug-likeness (QED) is 0.232. The number of benzene rings is 2. The van der Waals surface area contributed by atoms with Crippen LogP contribution in [-0.4, -0.2) is 33.8 Å². The van der Waals surface area contributed by atoms with E-state index in [4.69, 9.17) is 23.2 Å². The number of nitrogens with zero attached hydrogens (tertiary/aromatic N) is 4. The second-order valence-corrected chi connectivity index (χ2v) is 11.4. The Kier molecular flexibility index (Phi) is 8.91. The number of hydrogen-bond donors (Lipinski definition) is 1. The lowest BCUT2D eigenvalue weighted by molar-refractivity contribution is -0.137. The number of hydrazine groups is 1. The molecule has 1 aliphatic rings. The van der Waals surface area contributed by atoms with Crippen LogP contribution in [0.2, 0.25) is 10.0 Å². The SMILES string of the molecule is N#CCc1c(C(=O)NN2CCCCC2)nn(-c2ccc(Cl)cc2Cl)c1-c1ccc(C#Cc2ccc(C(F)(F)F)cc2)s1. The highest BCUT2D eigenvalue weighted by Crippen LogP contribution is 2.37. The van der Waals surface area contributed by atoms with Crippen molar-refractivity contribution in [3.63, 3.8) is 0 Å². The van der Waals surface area contributed by atoms with E-state index in [9.17, 15) is 23.2 Å². The van der Waals surface area contributed by atoms with Crippen molar-refractivity contribution in [3.8, 4) is 34.2 Å². The highest BCUT2D eigenvalue weighted by atomic mass is 35.5. The van der Waals surface area contributed by atoms with Crippen molar-refractivity contribution in [1.82, 2.24) is 20.2 Å². The van der Waals surface area contributed by atoms with Gasteiger partial charge < -0.3 is 0 Å². The number of hydrogen-bond acceptors (Lipinski definition) is 5. The van der Waals surface area contributed by atoms with E-state index in [1.54, 1.807) is 30.3 Å². The van der Waals surface area contributed by atoms with Gasteiger partial charge in [-0.1, -0.05) is 41.5 Å². The Morgan fingerprint density at radius 3 is 2.43 bits per heavy atom. The molecule has 1 N–H and O–H groups in total. The fourth-order valence-corrected chi connectivity index (χ4v) is 5.98. The summed E-state index contributed by atoms with van der Waals surface area (Å²) in [4.78, 5) is 14.7. The zero-order valence-electron chi connectivity index (χ0n) is 21.9. The lowest BCUT2D eigenvalue weighted by Crippen LogP contribution is -2.45. The fourth-order valence-electron chi connectivity index (χ4n) is 4.57. The summed E-state index contributed by atoms with van der Waals surface area (Å²) in [6.07, 6.45) is -1.47. The first-order valence-electron chi connectivity index (χ1n) is 12.9. The van der Waals surface area contributed by atoms with Crippen LogP contribution in [-0.2, 0) is 12.6 Å². The fraction of sp³-hybridized carbons (Fsp3) is 0.233. The number of alkyl halides is 3. The number of piperidine rings is 1. The van der Waals surface area contributed by atoms with Crippen LogP contribution in [0.3, 0.4) is 0 Å². The van der Waals surface area contributed by atoms with E-state index in [0.717, 1.165) is 44.5 Å². The summed E-state index contributed by atoms with van der Waals surface area (Å²) in [7, 11) is 0. The van der Waals surface area contributed by atoms with Crippen molar-refractivity contribution in [2.24, 2.45) is 0 Å². The zero-order valence-corrected chi connectivity index (χ0v) is 24.3. The first-order valence-corrected chi connectivity index (χ1v) is 14.5. The highest BCUT2D eigenvalue weighted by molar-refractivity contribution is 7.16. The third kappa shape index (κ3) is 6.64. The second kappa shape index (κ2) is 12.6. The third-order valence-corrected chi connectivity index (χ3v) is 8.13. The Balaban J connectivity index is 1.55. The van der Waals surface area contributed by atoms with Crippen molar-refractivity contribution in [2.45, 2.75) is 31.9 Å². The maximum absolute atomic E-state index is 13.4. The summed E-state index contributed by atoms with van der Waals surface area (Å²) < 4.78 is 40.2. The van der Waals surface area contributed by atoms with Crippen LogP contribution in [0.5, 0.6) is 0 Å². The van der Waals surface area contributed by atoms with Crippen molar-refractivity contribution in [3.05, 3.63) is 91.9 Å². The molecule has 2 aromatic heterocycles. The van der Waals surface area contributed by atoms with Gasteiger partial charge in [-0.05, 0) is 67.4 Å². The van der Waals surface area contributed by atoms with E-state index in [1.165, 1.54) is 28.2 Å². The second-order valence-electron chi connectivity index (χ2n) is 9.50. The molecule has 1 fully saturated rings. The highest BCUT2D eigenvalue weighted by Gasteiger charge is 2.30. The molecule has 4 aromatic rings. The molecule has 1 aliphatic heterocycles. The third-order valence-electron chi connectivity index (χ3n) is 6.59. The van der Waals surface area contributed by atoms with Gasteiger partial charge in [-0.3, -0.25) is 10.2 Å². The maximum atomic E-state index is 13.4. The normalized spacial score (nSPS) is 13.7. The van der Waals surface area contributed by atoms with Gasteiger partial charge in [0, 0.05) is 29.2 Å². The number of halogens is 5. The van der Waals surface area contributed by atoms with Gasteiger partial charge in [0.2, 0.25) is 0 Å². The molecule has 1 amide bonds. The predicted octanol–water partition coefficient (Wildman–Crippen LogP) is 7.52. The average Bonchev–Trinajstić information content (AvgIpc) is 3.57. The Labute approximate surface area is 254 Å². The van der Waals surface area contributed by atoms with E-state index in [-0.39, 0.29) is 12.1 Å². The molecular formula is C30H22Cl2F3N5OS. The van der Waals surface area contributed by atoms with Crippen LogP contribution in [0, 0.1) is 23.2 Å². The van der Waals surface area contributed by atoms with Crippen molar-refractivity contribution in [1.29, 1.82) is 5.26 Å². The molecule has 0 unspecified atom stereocenters. The van der Waals surface area contributed by atoms with Crippen molar-refractivity contribution >= 4 is 40.4 Å². The van der Waals surface area contributed by atoms with Crippen LogP contribution >= 0.6 is 34.5 Å². The minimum Gasteiger partial charge on any atom is -0.283 e. The molecule has 0 saturated carbocycles. The zero-order chi connectivity index (χ0) is 29.9. The number of rotatable bonds is 5. The summed E-state index contributed by atoms with van der Waals surface area (Å²) >= 11 is 14.0. The van der Waals surface area contributed by atoms with E-state index >= 15 is 0 Å². The summed E-state index contributed by atoms with van der Waals surface area (Å²) in [6.45, 7) is 1.45. The van der Waals surface area contributed by atoms with E-state index < -0.39 is 17.6 Å². The molecule has 0 aliphatic carbocycles.